The number of carbonyl (C=O) groups excluding carboxylic acids is 6. The maximum atomic E-state index is 11.7. The molecule has 0 heterocycles. The van der Waals surface area contributed by atoms with Gasteiger partial charge < -0.3 is 43.0 Å². The van der Waals surface area contributed by atoms with E-state index in [4.69, 9.17) is 18.9 Å². The van der Waals surface area contributed by atoms with E-state index >= 15 is 0 Å². The Morgan fingerprint density at radius 2 is 0.922 bits per heavy atom. The molecule has 0 spiro atoms. The molecule has 0 aromatic carbocycles. The van der Waals surface area contributed by atoms with Gasteiger partial charge in [0.05, 0.1) is 27.1 Å². The van der Waals surface area contributed by atoms with E-state index in [0.29, 0.717) is 12.8 Å². The van der Waals surface area contributed by atoms with Crippen molar-refractivity contribution in [3.63, 3.8) is 0 Å². The van der Waals surface area contributed by atoms with Crippen LogP contribution >= 0.6 is 0 Å². The molecule has 16 heteroatoms. The van der Waals surface area contributed by atoms with Gasteiger partial charge in [0.1, 0.15) is 44.1 Å². The molecule has 51 heavy (non-hydrogen) atoms. The largest absolute Gasteiger partial charge is 0.508 e. The molecule has 3 unspecified atom stereocenters. The minimum Gasteiger partial charge on any atom is -0.481 e. The van der Waals surface area contributed by atoms with Gasteiger partial charge in [-0.3, -0.25) is 24.0 Å². The molecule has 16 nitrogen and oxygen atoms in total. The van der Waals surface area contributed by atoms with Gasteiger partial charge in [0.25, 0.3) is 0 Å². The fraction of sp³-hybridized carbons (Fsp3) is 0.800. The van der Waals surface area contributed by atoms with Gasteiger partial charge in [0, 0.05) is 12.8 Å². The molecular weight excluding hydrogens is 676 g/mol. The summed E-state index contributed by atoms with van der Waals surface area (Å²) in [5.41, 5.74) is -1.73. The third-order valence-electron chi connectivity index (χ3n) is 5.95. The third-order valence-corrected chi connectivity index (χ3v) is 5.95. The van der Waals surface area contributed by atoms with Gasteiger partial charge in [-0.05, 0) is 31.1 Å². The molecule has 0 aromatic rings. The van der Waals surface area contributed by atoms with E-state index < -0.39 is 47.8 Å². The van der Waals surface area contributed by atoms with Crippen molar-refractivity contribution in [2.45, 2.75) is 128 Å². The highest BCUT2D eigenvalue weighted by Gasteiger charge is 2.40. The van der Waals surface area contributed by atoms with E-state index in [1.165, 1.54) is 14.2 Å². The average molecular weight is 741 g/mol. The van der Waals surface area contributed by atoms with E-state index in [9.17, 15) is 38.7 Å². The topological polar surface area (TPSA) is 214 Å². The van der Waals surface area contributed by atoms with Crippen LogP contribution in [0.5, 0.6) is 0 Å². The van der Waals surface area contributed by atoms with E-state index in [1.807, 2.05) is 41.5 Å². The fourth-order valence-electron chi connectivity index (χ4n) is 3.11. The normalized spacial score (nSPS) is 12.8. The van der Waals surface area contributed by atoms with E-state index in [-0.39, 0.29) is 75.9 Å². The smallest absolute Gasteiger partial charge is 0.481 e. The molecule has 0 aromatic heterocycles. The summed E-state index contributed by atoms with van der Waals surface area (Å²) in [6, 6.07) is 0. The zero-order valence-corrected chi connectivity index (χ0v) is 32.1. The van der Waals surface area contributed by atoms with Gasteiger partial charge in [0.2, 0.25) is 0 Å². The Morgan fingerprint density at radius 3 is 1.24 bits per heavy atom. The first-order valence-electron chi connectivity index (χ1n) is 16.3. The van der Waals surface area contributed by atoms with Crippen LogP contribution in [0, 0.1) is 16.2 Å². The SMILES string of the molecule is C.CCC(=O)OC(C)COC(=O)OC.CCC(=O)OCC(CC)(COC(=O)CC(C)(C)C)C(=O)O.COC(=O)OCC(C)OC(=O)CC(C)(C)C. The van der Waals surface area contributed by atoms with Crippen LogP contribution in [0.1, 0.15) is 116 Å². The number of carboxylic acid groups (broad SMARTS) is 1. The zero-order valence-electron chi connectivity index (χ0n) is 32.1. The molecule has 0 saturated carbocycles. The van der Waals surface area contributed by atoms with E-state index in [0.717, 1.165) is 0 Å². The Bertz CT molecular complexity index is 1060. The molecule has 0 fully saturated rings. The second-order valence-electron chi connectivity index (χ2n) is 13.6. The van der Waals surface area contributed by atoms with Crippen LogP contribution in [0.2, 0.25) is 0 Å². The lowest BCUT2D eigenvalue weighted by Crippen LogP contribution is -2.41. The molecular formula is C35H64O16. The lowest BCUT2D eigenvalue weighted by molar-refractivity contribution is -0.168. The summed E-state index contributed by atoms with van der Waals surface area (Å²) in [7, 11) is 2.43. The molecule has 0 radical (unpaired) electrons. The maximum Gasteiger partial charge on any atom is 0.508 e. The molecule has 0 saturated heterocycles. The van der Waals surface area contributed by atoms with Crippen molar-refractivity contribution >= 4 is 42.2 Å². The first kappa shape index (κ1) is 53.7. The summed E-state index contributed by atoms with van der Waals surface area (Å²) in [5.74, 6) is -2.69. The van der Waals surface area contributed by atoms with Crippen LogP contribution in [-0.2, 0) is 61.9 Å². The number of ether oxygens (including phenoxy) is 8. The number of hydrogen-bond acceptors (Lipinski definition) is 15. The van der Waals surface area contributed by atoms with Crippen molar-refractivity contribution in [2.75, 3.05) is 40.6 Å². The van der Waals surface area contributed by atoms with Crippen LogP contribution in [-0.4, -0.2) is 100 Å². The molecule has 0 amide bonds. The Labute approximate surface area is 303 Å². The van der Waals surface area contributed by atoms with Crippen molar-refractivity contribution in [3.8, 4) is 0 Å². The van der Waals surface area contributed by atoms with Gasteiger partial charge in [-0.25, -0.2) is 9.59 Å². The van der Waals surface area contributed by atoms with Crippen molar-refractivity contribution < 1.29 is 76.6 Å². The Kier molecular flexibility index (Phi) is 29.0. The summed E-state index contributed by atoms with van der Waals surface area (Å²) >= 11 is 0. The monoisotopic (exact) mass is 740 g/mol. The van der Waals surface area contributed by atoms with Gasteiger partial charge >= 0.3 is 42.2 Å². The summed E-state index contributed by atoms with van der Waals surface area (Å²) < 4.78 is 37.6. The molecule has 0 aliphatic rings. The molecule has 3 atom stereocenters. The summed E-state index contributed by atoms with van der Waals surface area (Å²) in [4.78, 5) is 77.6. The quantitative estimate of drug-likeness (QED) is 0.136. The number of aliphatic carboxylic acids is 1. The zero-order chi connectivity index (χ0) is 39.7. The highest BCUT2D eigenvalue weighted by Crippen LogP contribution is 2.26. The highest BCUT2D eigenvalue weighted by molar-refractivity contribution is 5.77. The van der Waals surface area contributed by atoms with Gasteiger partial charge in [-0.15, -0.1) is 0 Å². The lowest BCUT2D eigenvalue weighted by Gasteiger charge is -2.27. The number of carbonyl (C=O) groups is 7. The summed E-state index contributed by atoms with van der Waals surface area (Å²) in [6.45, 7) is 19.2. The number of methoxy groups -OCH3 is 2. The van der Waals surface area contributed by atoms with Crippen molar-refractivity contribution in [1.82, 2.24) is 0 Å². The van der Waals surface area contributed by atoms with Crippen LogP contribution in [0.3, 0.4) is 0 Å². The fourth-order valence-corrected chi connectivity index (χ4v) is 3.11. The average Bonchev–Trinajstić information content (AvgIpc) is 3.01. The predicted molar refractivity (Wildman–Crippen MR) is 186 cm³/mol. The molecule has 0 bridgehead atoms. The Morgan fingerprint density at radius 1 is 0.569 bits per heavy atom. The highest BCUT2D eigenvalue weighted by atomic mass is 16.7. The first-order chi connectivity index (χ1) is 22.9. The standard InChI is InChI=1S/C15H26O6.C11H20O5.C8H14O5.CH4/c1-6-11(16)20-9-15(7-2,13(18)19)10-21-12(17)8-14(3,4)5;1-8(7-15-10(13)14-5)16-9(12)6-11(2,3)4;1-4-7(9)13-6(2)5-12-8(10)11-3;/h6-10H2,1-5H3,(H,18,19);8H,6-7H2,1-5H3;6H,4-5H2,1-3H3;1H4. The molecule has 0 aliphatic carbocycles. The second-order valence-corrected chi connectivity index (χ2v) is 13.6. The van der Waals surface area contributed by atoms with Gasteiger partial charge in [-0.2, -0.15) is 0 Å². The first-order valence-corrected chi connectivity index (χ1v) is 16.3. The number of esters is 4. The van der Waals surface area contributed by atoms with Gasteiger partial charge in [-0.1, -0.05) is 69.7 Å². The minimum absolute atomic E-state index is 0. The number of carboxylic acids is 1. The van der Waals surface area contributed by atoms with Crippen LogP contribution < -0.4 is 0 Å². The van der Waals surface area contributed by atoms with Crippen molar-refractivity contribution in [1.29, 1.82) is 0 Å². The number of hydrogen-bond donors (Lipinski definition) is 1. The summed E-state index contributed by atoms with van der Waals surface area (Å²) in [5, 5.41) is 9.37. The summed E-state index contributed by atoms with van der Waals surface area (Å²) in [6.07, 6.45) is -1.26. The Balaban J connectivity index is -0.000000332. The third kappa shape index (κ3) is 31.6. The Hall–Kier alpha value is -4.11. The molecule has 300 valence electrons. The molecule has 0 aliphatic heterocycles. The maximum absolute atomic E-state index is 11.7. The second kappa shape index (κ2) is 27.6. The molecule has 0 rings (SSSR count). The molecule has 1 N–H and O–H groups in total. The van der Waals surface area contributed by atoms with Crippen molar-refractivity contribution in [3.05, 3.63) is 0 Å². The van der Waals surface area contributed by atoms with Gasteiger partial charge in [0.15, 0.2) is 0 Å². The minimum atomic E-state index is -1.39. The van der Waals surface area contributed by atoms with Crippen molar-refractivity contribution in [2.24, 2.45) is 16.2 Å². The van der Waals surface area contributed by atoms with Crippen LogP contribution in [0.4, 0.5) is 9.59 Å². The lowest BCUT2D eigenvalue weighted by atomic mass is 9.87. The van der Waals surface area contributed by atoms with E-state index in [2.05, 4.69) is 18.9 Å². The predicted octanol–water partition coefficient (Wildman–Crippen LogP) is 6.28. The van der Waals surface area contributed by atoms with Crippen LogP contribution in [0.25, 0.3) is 0 Å². The number of rotatable bonds is 16. The van der Waals surface area contributed by atoms with Crippen LogP contribution in [0.15, 0.2) is 0 Å². The van der Waals surface area contributed by atoms with E-state index in [1.54, 1.807) is 34.6 Å².